The van der Waals surface area contributed by atoms with Gasteiger partial charge in [0.05, 0.1) is 10.5 Å². The Morgan fingerprint density at radius 2 is 1.62 bits per heavy atom. The second-order valence-electron chi connectivity index (χ2n) is 7.52. The van der Waals surface area contributed by atoms with Crippen molar-refractivity contribution >= 4 is 33.5 Å². The molecule has 0 aliphatic rings. The van der Waals surface area contributed by atoms with Gasteiger partial charge in [0.1, 0.15) is 18.3 Å². The van der Waals surface area contributed by atoms with E-state index in [9.17, 15) is 44.3 Å². The first-order valence-corrected chi connectivity index (χ1v) is 11.9. The second-order valence-corrected chi connectivity index (χ2v) is 9.17. The Kier molecular flexibility index (Phi) is 10.9. The maximum atomic E-state index is 13.3. The number of alkyl halides is 6. The van der Waals surface area contributed by atoms with Gasteiger partial charge in [-0.05, 0) is 36.3 Å². The average Bonchev–Trinajstić information content (AvgIpc) is 2.81. The Balaban J connectivity index is 0.00000101. The number of aromatic nitrogens is 1. The Hall–Kier alpha value is -4.49. The minimum absolute atomic E-state index is 0.167. The summed E-state index contributed by atoms with van der Waals surface area (Å²) in [5, 5.41) is 10.4. The van der Waals surface area contributed by atoms with Crippen LogP contribution in [0.4, 0.5) is 32.0 Å². The standard InChI is InChI=1S/C18H21F3N6O5S.C2HF3O2/c1-10-6-7-12(16(29)27(10)13(15(22)28)8-9-32-25-17(23)24)26-33(30,31)14-5-3-2-4-11(14)18(19,20)21;3-2(4,5)1(6)7/h2-7,13,26H,8-9H2,1H3,(H2,22,28)(H4,23,24,25);(H,6,7). The van der Waals surface area contributed by atoms with Crippen molar-refractivity contribution in [2.24, 2.45) is 22.4 Å². The monoisotopic (exact) mass is 604 g/mol. The SMILES string of the molecule is Cc1ccc(NS(=O)(=O)c2ccccc2C(F)(F)F)c(=O)n1C(CCON=C(N)N)C(N)=O.O=C(O)C(F)(F)F. The number of rotatable bonds is 9. The molecule has 1 atom stereocenters. The highest BCUT2D eigenvalue weighted by molar-refractivity contribution is 7.92. The number of hydrogen-bond donors (Lipinski definition) is 5. The van der Waals surface area contributed by atoms with E-state index < -0.39 is 62.0 Å². The third-order valence-corrected chi connectivity index (χ3v) is 6.01. The third-order valence-electron chi connectivity index (χ3n) is 4.58. The number of nitrogens with zero attached hydrogens (tertiary/aromatic N) is 2. The van der Waals surface area contributed by atoms with Crippen LogP contribution < -0.4 is 27.5 Å². The van der Waals surface area contributed by atoms with Crippen molar-refractivity contribution in [3.63, 3.8) is 0 Å². The number of aliphatic carboxylic acids is 1. The van der Waals surface area contributed by atoms with Gasteiger partial charge < -0.3 is 27.1 Å². The first kappa shape index (κ1) is 33.5. The number of carbonyl (C=O) groups is 2. The van der Waals surface area contributed by atoms with Crippen LogP contribution in [0.1, 0.15) is 23.7 Å². The minimum Gasteiger partial charge on any atom is -0.475 e. The smallest absolute Gasteiger partial charge is 0.475 e. The molecule has 8 N–H and O–H groups in total. The molecule has 1 heterocycles. The molecule has 0 radical (unpaired) electrons. The van der Waals surface area contributed by atoms with Crippen molar-refractivity contribution in [1.82, 2.24) is 4.57 Å². The largest absolute Gasteiger partial charge is 0.490 e. The molecule has 1 unspecified atom stereocenters. The lowest BCUT2D eigenvalue weighted by atomic mass is 10.1. The number of benzene rings is 1. The summed E-state index contributed by atoms with van der Waals surface area (Å²) in [4.78, 5) is 37.5. The fourth-order valence-corrected chi connectivity index (χ4v) is 4.21. The third kappa shape index (κ3) is 9.36. The van der Waals surface area contributed by atoms with E-state index in [-0.39, 0.29) is 24.7 Å². The van der Waals surface area contributed by atoms with Gasteiger partial charge in [-0.15, -0.1) is 0 Å². The summed E-state index contributed by atoms with van der Waals surface area (Å²) in [5.41, 5.74) is 12.8. The van der Waals surface area contributed by atoms with Crippen LogP contribution in [0.15, 0.2) is 51.2 Å². The predicted octanol–water partition coefficient (Wildman–Crippen LogP) is 1.23. The molecular weight excluding hydrogens is 582 g/mol. The predicted molar refractivity (Wildman–Crippen MR) is 126 cm³/mol. The van der Waals surface area contributed by atoms with Gasteiger partial charge in [0, 0.05) is 12.1 Å². The number of amides is 1. The number of sulfonamides is 1. The lowest BCUT2D eigenvalue weighted by Gasteiger charge is -2.20. The zero-order chi connectivity index (χ0) is 31.1. The van der Waals surface area contributed by atoms with E-state index in [1.54, 1.807) is 0 Å². The molecule has 222 valence electrons. The number of carbonyl (C=O) groups excluding carboxylic acids is 1. The lowest BCUT2D eigenvalue weighted by Crippen LogP contribution is -2.37. The molecule has 20 heteroatoms. The van der Waals surface area contributed by atoms with Crippen LogP contribution in [-0.2, 0) is 30.6 Å². The molecule has 0 spiro atoms. The minimum atomic E-state index is -5.08. The number of nitrogens with two attached hydrogens (primary N) is 3. The number of aryl methyl sites for hydroxylation is 1. The van der Waals surface area contributed by atoms with E-state index in [2.05, 4.69) is 5.16 Å². The number of anilines is 1. The van der Waals surface area contributed by atoms with E-state index in [4.69, 9.17) is 31.9 Å². The van der Waals surface area contributed by atoms with Gasteiger partial charge in [-0.3, -0.25) is 18.9 Å². The van der Waals surface area contributed by atoms with Crippen LogP contribution >= 0.6 is 0 Å². The normalized spacial score (nSPS) is 12.4. The van der Waals surface area contributed by atoms with Crippen molar-refractivity contribution < 1.29 is 54.3 Å². The van der Waals surface area contributed by atoms with Crippen molar-refractivity contribution in [2.75, 3.05) is 11.3 Å². The van der Waals surface area contributed by atoms with E-state index in [0.717, 1.165) is 28.8 Å². The molecule has 0 aliphatic carbocycles. The summed E-state index contributed by atoms with van der Waals surface area (Å²) >= 11 is 0. The number of oxime groups is 1. The van der Waals surface area contributed by atoms with Gasteiger partial charge >= 0.3 is 18.3 Å². The van der Waals surface area contributed by atoms with E-state index in [1.807, 2.05) is 4.72 Å². The van der Waals surface area contributed by atoms with Gasteiger partial charge in [0.2, 0.25) is 11.9 Å². The van der Waals surface area contributed by atoms with Gasteiger partial charge in [0.15, 0.2) is 0 Å². The first-order valence-electron chi connectivity index (χ1n) is 10.4. The van der Waals surface area contributed by atoms with Crippen LogP contribution in [0.3, 0.4) is 0 Å². The number of guanidine groups is 1. The summed E-state index contributed by atoms with van der Waals surface area (Å²) in [5.74, 6) is -4.09. The molecule has 13 nitrogen and oxygen atoms in total. The molecule has 0 bridgehead atoms. The molecular formula is C20H22F6N6O7S. The summed E-state index contributed by atoms with van der Waals surface area (Å²) in [7, 11) is -4.83. The molecule has 2 aromatic rings. The Labute approximate surface area is 221 Å². The Morgan fingerprint density at radius 1 is 1.07 bits per heavy atom. The number of carboxylic acids is 1. The zero-order valence-corrected chi connectivity index (χ0v) is 21.0. The summed E-state index contributed by atoms with van der Waals surface area (Å²) in [6.45, 7) is 1.22. The molecule has 0 saturated carbocycles. The fourth-order valence-electron chi connectivity index (χ4n) is 2.93. The summed E-state index contributed by atoms with van der Waals surface area (Å²) in [6.07, 6.45) is -10.2. The highest BCUT2D eigenvalue weighted by Gasteiger charge is 2.38. The Morgan fingerprint density at radius 3 is 2.10 bits per heavy atom. The van der Waals surface area contributed by atoms with Crippen molar-refractivity contribution in [1.29, 1.82) is 0 Å². The zero-order valence-electron chi connectivity index (χ0n) is 20.2. The topological polar surface area (TPSA) is 222 Å². The molecule has 0 fully saturated rings. The molecule has 0 saturated heterocycles. The number of halogens is 6. The van der Waals surface area contributed by atoms with Crippen LogP contribution in [0.25, 0.3) is 0 Å². The highest BCUT2D eigenvalue weighted by atomic mass is 32.2. The van der Waals surface area contributed by atoms with E-state index in [0.29, 0.717) is 6.07 Å². The Bertz CT molecular complexity index is 1420. The van der Waals surface area contributed by atoms with Crippen LogP contribution in [0.2, 0.25) is 0 Å². The van der Waals surface area contributed by atoms with Crippen LogP contribution in [0.5, 0.6) is 0 Å². The van der Waals surface area contributed by atoms with Crippen LogP contribution in [-0.4, -0.2) is 48.7 Å². The highest BCUT2D eigenvalue weighted by Crippen LogP contribution is 2.34. The summed E-state index contributed by atoms with van der Waals surface area (Å²) in [6, 6.07) is 4.56. The molecule has 1 aromatic heterocycles. The lowest BCUT2D eigenvalue weighted by molar-refractivity contribution is -0.192. The maximum absolute atomic E-state index is 13.3. The van der Waals surface area contributed by atoms with Gasteiger partial charge in [0.25, 0.3) is 15.6 Å². The number of pyridine rings is 1. The number of primary amides is 1. The molecule has 40 heavy (non-hydrogen) atoms. The maximum Gasteiger partial charge on any atom is 0.490 e. The van der Waals surface area contributed by atoms with Crippen molar-refractivity contribution in [3.05, 3.63) is 58.0 Å². The van der Waals surface area contributed by atoms with Gasteiger partial charge in [-0.1, -0.05) is 12.1 Å². The number of hydrogen-bond acceptors (Lipinski definition) is 7. The first-order chi connectivity index (χ1) is 18.2. The average molecular weight is 604 g/mol. The van der Waals surface area contributed by atoms with Crippen molar-refractivity contribution in [3.8, 4) is 0 Å². The molecule has 0 aliphatic heterocycles. The molecule has 1 aromatic carbocycles. The van der Waals surface area contributed by atoms with Gasteiger partial charge in [-0.25, -0.2) is 13.2 Å². The molecule has 1 amide bonds. The fraction of sp³-hybridized carbons (Fsp3) is 0.300. The quantitative estimate of drug-likeness (QED) is 0.0911. The van der Waals surface area contributed by atoms with Crippen molar-refractivity contribution in [2.45, 2.75) is 36.6 Å². The van der Waals surface area contributed by atoms with E-state index in [1.165, 1.54) is 13.0 Å². The van der Waals surface area contributed by atoms with Gasteiger partial charge in [-0.2, -0.15) is 26.3 Å². The van der Waals surface area contributed by atoms with Crippen LogP contribution in [0, 0.1) is 6.92 Å². The number of nitrogens with one attached hydrogen (secondary N) is 1. The second kappa shape index (κ2) is 13.0. The molecule has 2 rings (SSSR count). The van der Waals surface area contributed by atoms with E-state index >= 15 is 0 Å². The summed E-state index contributed by atoms with van der Waals surface area (Å²) < 4.78 is 99.6. The number of carboxylic acid groups (broad SMARTS) is 1.